The molecule has 2 aromatic carbocycles. The molecule has 0 atom stereocenters. The Bertz CT molecular complexity index is 1280. The molecule has 0 aliphatic carbocycles. The zero-order valence-electron chi connectivity index (χ0n) is 17.0. The predicted octanol–water partition coefficient (Wildman–Crippen LogP) is 4.62. The molecular weight excluding hydrogens is 444 g/mol. The monoisotopic (exact) mass is 462 g/mol. The number of ether oxygens (including phenoxy) is 1. The number of carbonyl (C=O) groups is 2. The van der Waals surface area contributed by atoms with Gasteiger partial charge in [0.25, 0.3) is 5.91 Å². The molecule has 0 saturated carbocycles. The third-order valence-electron chi connectivity index (χ3n) is 4.48. The first-order chi connectivity index (χ1) is 15.5. The first-order valence-corrected chi connectivity index (χ1v) is 11.3. The Hall–Kier alpha value is -3.62. The van der Waals surface area contributed by atoms with E-state index in [0.717, 1.165) is 10.5 Å². The van der Waals surface area contributed by atoms with Gasteiger partial charge < -0.3 is 14.4 Å². The second-order valence-corrected chi connectivity index (χ2v) is 8.77. The van der Waals surface area contributed by atoms with Crippen LogP contribution in [0.15, 0.2) is 93.6 Å². The summed E-state index contributed by atoms with van der Waals surface area (Å²) in [5.74, 6) is -0.995. The molecule has 2 heterocycles. The van der Waals surface area contributed by atoms with E-state index in [4.69, 9.17) is 4.74 Å². The fourth-order valence-corrected chi connectivity index (χ4v) is 4.97. The number of thiophene rings is 1. The molecule has 4 rings (SSSR count). The zero-order valence-corrected chi connectivity index (χ0v) is 18.6. The summed E-state index contributed by atoms with van der Waals surface area (Å²) < 4.78 is 7.29. The first-order valence-electron chi connectivity index (χ1n) is 9.62. The van der Waals surface area contributed by atoms with E-state index >= 15 is 0 Å². The topological polar surface area (TPSA) is 75.7 Å². The van der Waals surface area contributed by atoms with Gasteiger partial charge in [0.05, 0.1) is 15.5 Å². The number of esters is 1. The van der Waals surface area contributed by atoms with Crippen LogP contribution in [0.1, 0.15) is 10.4 Å². The molecule has 6 nitrogen and oxygen atoms in total. The van der Waals surface area contributed by atoms with Crippen molar-refractivity contribution in [1.29, 1.82) is 0 Å². The van der Waals surface area contributed by atoms with Crippen molar-refractivity contribution in [2.24, 2.45) is 0 Å². The van der Waals surface area contributed by atoms with Gasteiger partial charge >= 0.3 is 5.97 Å². The van der Waals surface area contributed by atoms with Gasteiger partial charge in [0, 0.05) is 13.1 Å². The normalized spacial score (nSPS) is 13.1. The molecule has 0 radical (unpaired) electrons. The average molecular weight is 463 g/mol. The van der Waals surface area contributed by atoms with E-state index < -0.39 is 11.9 Å². The second kappa shape index (κ2) is 9.67. The third-order valence-corrected chi connectivity index (χ3v) is 6.51. The number of fused-ring (bicyclic) bond motifs is 1. The Morgan fingerprint density at radius 3 is 2.50 bits per heavy atom. The summed E-state index contributed by atoms with van der Waals surface area (Å²) in [5, 5.41) is 4.51. The number of nitrogens with one attached hydrogen (secondary N) is 1. The number of benzene rings is 1. The van der Waals surface area contributed by atoms with Gasteiger partial charge in [-0.05, 0) is 47.2 Å². The fourth-order valence-electron chi connectivity index (χ4n) is 3.00. The van der Waals surface area contributed by atoms with Crippen molar-refractivity contribution in [2.45, 2.75) is 4.90 Å². The summed E-state index contributed by atoms with van der Waals surface area (Å²) in [6.07, 6.45) is 2.97. The van der Waals surface area contributed by atoms with Crippen LogP contribution in [0.4, 0.5) is 5.69 Å². The molecule has 160 valence electrons. The molecule has 32 heavy (non-hydrogen) atoms. The van der Waals surface area contributed by atoms with Gasteiger partial charge in [-0.3, -0.25) is 9.59 Å². The summed E-state index contributed by atoms with van der Waals surface area (Å²) in [6.45, 7) is 0. The molecule has 1 N–H and O–H groups in total. The van der Waals surface area contributed by atoms with E-state index in [9.17, 15) is 14.4 Å². The van der Waals surface area contributed by atoms with E-state index in [1.54, 1.807) is 35.6 Å². The molecule has 1 aromatic heterocycles. The van der Waals surface area contributed by atoms with Gasteiger partial charge in [-0.15, -0.1) is 11.3 Å². The highest BCUT2D eigenvalue weighted by molar-refractivity contribution is 7.97. The summed E-state index contributed by atoms with van der Waals surface area (Å²) in [5.41, 5.74) is 0.815. The standard InChI is InChI=1S/C24H18N2O4S2/c1-26-21(24(29)25-17-10-6-3-7-11-18(17)27)22(23-19(32-26)14-15-31-23)30-20(28)13-12-16-8-4-2-5-9-16/h2-15H,1H3,(H,25,27,29). The van der Waals surface area contributed by atoms with Crippen LogP contribution in [0.5, 0.6) is 0 Å². The predicted molar refractivity (Wildman–Crippen MR) is 128 cm³/mol. The van der Waals surface area contributed by atoms with Crippen LogP contribution in [0.3, 0.4) is 0 Å². The van der Waals surface area contributed by atoms with Gasteiger partial charge in [-0.2, -0.15) is 0 Å². The minimum absolute atomic E-state index is 0.137. The molecule has 1 aliphatic heterocycles. The number of carbonyl (C=O) groups excluding carboxylic acids is 2. The smallest absolute Gasteiger partial charge is 0.336 e. The lowest BCUT2D eigenvalue weighted by Crippen LogP contribution is -2.29. The molecular formula is C24H18N2O4S2. The van der Waals surface area contributed by atoms with Crippen molar-refractivity contribution in [1.82, 2.24) is 4.31 Å². The van der Waals surface area contributed by atoms with Gasteiger partial charge in [0.15, 0.2) is 11.5 Å². The molecule has 0 spiro atoms. The quantitative estimate of drug-likeness (QED) is 0.339. The van der Waals surface area contributed by atoms with Crippen molar-refractivity contribution < 1.29 is 14.3 Å². The van der Waals surface area contributed by atoms with Crippen LogP contribution in [0, 0.1) is 0 Å². The summed E-state index contributed by atoms with van der Waals surface area (Å²) in [7, 11) is 1.71. The van der Waals surface area contributed by atoms with E-state index in [-0.39, 0.29) is 22.6 Å². The second-order valence-electron chi connectivity index (χ2n) is 6.69. The van der Waals surface area contributed by atoms with Gasteiger partial charge in [0.1, 0.15) is 0 Å². The largest absolute Gasteiger partial charge is 0.419 e. The Morgan fingerprint density at radius 1 is 1.00 bits per heavy atom. The maximum absolute atomic E-state index is 13.2. The van der Waals surface area contributed by atoms with Crippen LogP contribution >= 0.6 is 23.3 Å². The minimum Gasteiger partial charge on any atom is -0.419 e. The first kappa shape index (κ1) is 21.6. The Labute approximate surface area is 193 Å². The summed E-state index contributed by atoms with van der Waals surface area (Å²) >= 11 is 2.72. The highest BCUT2D eigenvalue weighted by atomic mass is 32.2. The van der Waals surface area contributed by atoms with Crippen molar-refractivity contribution in [2.75, 3.05) is 12.4 Å². The van der Waals surface area contributed by atoms with Crippen LogP contribution < -0.4 is 10.7 Å². The number of likely N-dealkylation sites (N-methyl/N-ethyl adjacent to an activating group) is 1. The zero-order chi connectivity index (χ0) is 22.5. The van der Waals surface area contributed by atoms with Crippen molar-refractivity contribution in [3.63, 3.8) is 0 Å². The number of hydrogen-bond acceptors (Lipinski definition) is 7. The third kappa shape index (κ3) is 4.82. The number of amides is 1. The highest BCUT2D eigenvalue weighted by Gasteiger charge is 2.32. The van der Waals surface area contributed by atoms with E-state index in [1.165, 1.54) is 41.5 Å². The van der Waals surface area contributed by atoms with E-state index in [0.29, 0.717) is 4.88 Å². The van der Waals surface area contributed by atoms with Crippen molar-refractivity contribution >= 4 is 52.7 Å². The molecule has 1 amide bonds. The van der Waals surface area contributed by atoms with Crippen LogP contribution in [-0.2, 0) is 14.3 Å². The molecule has 8 heteroatoms. The highest BCUT2D eigenvalue weighted by Crippen LogP contribution is 2.43. The van der Waals surface area contributed by atoms with Gasteiger partial charge in [-0.1, -0.05) is 48.5 Å². The summed E-state index contributed by atoms with van der Waals surface area (Å²) in [6, 6.07) is 19.1. The van der Waals surface area contributed by atoms with Gasteiger partial charge in [-0.25, -0.2) is 4.79 Å². The van der Waals surface area contributed by atoms with Crippen LogP contribution in [-0.4, -0.2) is 23.2 Å². The van der Waals surface area contributed by atoms with Gasteiger partial charge in [0.2, 0.25) is 5.43 Å². The average Bonchev–Trinajstić information content (AvgIpc) is 3.16. The lowest BCUT2D eigenvalue weighted by Gasteiger charge is -2.27. The van der Waals surface area contributed by atoms with Crippen LogP contribution in [0.25, 0.3) is 11.8 Å². The Kier molecular flexibility index (Phi) is 6.53. The molecule has 0 bridgehead atoms. The maximum atomic E-state index is 13.2. The van der Waals surface area contributed by atoms with E-state index in [2.05, 4.69) is 5.32 Å². The summed E-state index contributed by atoms with van der Waals surface area (Å²) in [4.78, 5) is 39.5. The molecule has 3 aromatic rings. The number of hydrogen-bond donors (Lipinski definition) is 1. The number of anilines is 1. The van der Waals surface area contributed by atoms with Crippen LogP contribution in [0.2, 0.25) is 0 Å². The van der Waals surface area contributed by atoms with Crippen molar-refractivity contribution in [3.8, 4) is 0 Å². The lowest BCUT2D eigenvalue weighted by molar-refractivity contribution is -0.131. The Balaban J connectivity index is 1.67. The molecule has 0 fully saturated rings. The lowest BCUT2D eigenvalue weighted by atomic mass is 10.2. The SMILES string of the molecule is CN1Sc2ccsc2C(OC(=O)C=Cc2ccccc2)=C1C(=O)Nc1cccccc1=O. The molecule has 1 aliphatic rings. The number of nitrogens with zero attached hydrogens (tertiary/aromatic N) is 1. The number of rotatable bonds is 5. The van der Waals surface area contributed by atoms with E-state index in [1.807, 2.05) is 41.8 Å². The Morgan fingerprint density at radius 2 is 1.72 bits per heavy atom. The van der Waals surface area contributed by atoms with Crippen molar-refractivity contribution in [3.05, 3.63) is 105 Å². The fraction of sp³-hybridized carbons (Fsp3) is 0.0417. The molecule has 0 saturated heterocycles. The minimum atomic E-state index is -0.607. The maximum Gasteiger partial charge on any atom is 0.336 e. The molecule has 0 unspecified atom stereocenters.